The SMILES string of the molecule is O=C(CNC(=O)c1ccc(Cl)cc1Cl)OCCCCN1C(=O)c2ccccc2C1=O. The lowest BCUT2D eigenvalue weighted by molar-refractivity contribution is -0.142. The van der Waals surface area contributed by atoms with Gasteiger partial charge in [0.2, 0.25) is 0 Å². The summed E-state index contributed by atoms with van der Waals surface area (Å²) in [5.74, 6) is -1.74. The van der Waals surface area contributed by atoms with Crippen molar-refractivity contribution in [1.29, 1.82) is 0 Å². The number of ether oxygens (including phenoxy) is 1. The van der Waals surface area contributed by atoms with Crippen LogP contribution < -0.4 is 5.32 Å². The van der Waals surface area contributed by atoms with Gasteiger partial charge in [0.1, 0.15) is 6.54 Å². The average Bonchev–Trinajstić information content (AvgIpc) is 2.96. The quantitative estimate of drug-likeness (QED) is 0.379. The van der Waals surface area contributed by atoms with Crippen molar-refractivity contribution in [2.75, 3.05) is 19.7 Å². The molecule has 0 unspecified atom stereocenters. The first-order valence-corrected chi connectivity index (χ1v) is 9.98. The van der Waals surface area contributed by atoms with Crippen LogP contribution in [0.3, 0.4) is 0 Å². The molecule has 3 rings (SSSR count). The maximum absolute atomic E-state index is 12.3. The lowest BCUT2D eigenvalue weighted by Gasteiger charge is -2.13. The maximum Gasteiger partial charge on any atom is 0.325 e. The summed E-state index contributed by atoms with van der Waals surface area (Å²) in [7, 11) is 0. The average molecular weight is 449 g/mol. The van der Waals surface area contributed by atoms with Gasteiger partial charge in [-0.25, -0.2) is 0 Å². The standard InChI is InChI=1S/C21H18Cl2N2O5/c22-13-7-8-16(17(23)11-13)19(27)24-12-18(26)30-10-4-3-9-25-20(28)14-5-1-2-6-15(14)21(25)29/h1-2,5-8,11H,3-4,9-10,12H2,(H,24,27). The number of esters is 1. The van der Waals surface area contributed by atoms with Crippen LogP contribution in [0.15, 0.2) is 42.5 Å². The third-order valence-corrected chi connectivity index (χ3v) is 5.03. The van der Waals surface area contributed by atoms with Gasteiger partial charge in [0, 0.05) is 11.6 Å². The highest BCUT2D eigenvalue weighted by molar-refractivity contribution is 6.36. The van der Waals surface area contributed by atoms with E-state index in [1.165, 1.54) is 23.1 Å². The normalized spacial score (nSPS) is 12.7. The van der Waals surface area contributed by atoms with Crippen LogP contribution in [0.4, 0.5) is 0 Å². The number of carbonyl (C=O) groups excluding carboxylic acids is 4. The zero-order chi connectivity index (χ0) is 21.7. The molecule has 0 atom stereocenters. The van der Waals surface area contributed by atoms with E-state index >= 15 is 0 Å². The Morgan fingerprint density at radius 2 is 1.63 bits per heavy atom. The largest absolute Gasteiger partial charge is 0.464 e. The number of nitrogens with one attached hydrogen (secondary N) is 1. The second-order valence-corrected chi connectivity index (χ2v) is 7.39. The first-order valence-electron chi connectivity index (χ1n) is 9.22. The third-order valence-electron chi connectivity index (χ3n) is 4.49. The Kier molecular flexibility index (Phi) is 7.07. The van der Waals surface area contributed by atoms with Crippen molar-refractivity contribution in [1.82, 2.24) is 10.2 Å². The second-order valence-electron chi connectivity index (χ2n) is 6.54. The van der Waals surface area contributed by atoms with Crippen molar-refractivity contribution in [3.8, 4) is 0 Å². The number of hydrogen-bond donors (Lipinski definition) is 1. The highest BCUT2D eigenvalue weighted by Gasteiger charge is 2.34. The van der Waals surface area contributed by atoms with E-state index in [2.05, 4.69) is 5.32 Å². The van der Waals surface area contributed by atoms with Crippen LogP contribution >= 0.6 is 23.2 Å². The molecule has 0 saturated heterocycles. The summed E-state index contributed by atoms with van der Waals surface area (Å²) >= 11 is 11.7. The van der Waals surface area contributed by atoms with Crippen LogP contribution in [0.25, 0.3) is 0 Å². The molecule has 1 N–H and O–H groups in total. The number of amides is 3. The van der Waals surface area contributed by atoms with Gasteiger partial charge in [-0.3, -0.25) is 24.1 Å². The van der Waals surface area contributed by atoms with Crippen LogP contribution in [0.1, 0.15) is 43.9 Å². The number of unbranched alkanes of at least 4 members (excludes halogenated alkanes) is 1. The Labute approximate surface area is 182 Å². The zero-order valence-corrected chi connectivity index (χ0v) is 17.3. The molecule has 0 radical (unpaired) electrons. The van der Waals surface area contributed by atoms with Gasteiger partial charge >= 0.3 is 5.97 Å². The van der Waals surface area contributed by atoms with E-state index < -0.39 is 11.9 Å². The molecule has 0 spiro atoms. The monoisotopic (exact) mass is 448 g/mol. The summed E-state index contributed by atoms with van der Waals surface area (Å²) in [6.45, 7) is 0.0471. The van der Waals surface area contributed by atoms with Crippen molar-refractivity contribution >= 4 is 46.9 Å². The Morgan fingerprint density at radius 3 is 2.27 bits per heavy atom. The van der Waals surface area contributed by atoms with Gasteiger partial charge in [0.25, 0.3) is 17.7 Å². The highest BCUT2D eigenvalue weighted by atomic mass is 35.5. The predicted molar refractivity (Wildman–Crippen MR) is 111 cm³/mol. The molecule has 30 heavy (non-hydrogen) atoms. The fourth-order valence-corrected chi connectivity index (χ4v) is 3.47. The maximum atomic E-state index is 12.3. The van der Waals surface area contributed by atoms with Crippen LogP contribution in [-0.2, 0) is 9.53 Å². The van der Waals surface area contributed by atoms with Gasteiger partial charge in [-0.05, 0) is 43.2 Å². The molecule has 1 aliphatic rings. The van der Waals surface area contributed by atoms with Crippen LogP contribution in [0.2, 0.25) is 10.0 Å². The van der Waals surface area contributed by atoms with Gasteiger partial charge in [-0.2, -0.15) is 0 Å². The summed E-state index contributed by atoms with van der Waals surface area (Å²) in [4.78, 5) is 49.5. The number of rotatable bonds is 8. The molecule has 1 aliphatic heterocycles. The molecule has 3 amide bonds. The molecular formula is C21H18Cl2N2O5. The molecule has 0 aliphatic carbocycles. The first-order chi connectivity index (χ1) is 14.4. The minimum absolute atomic E-state index is 0.111. The molecule has 9 heteroatoms. The number of carbonyl (C=O) groups is 4. The van der Waals surface area contributed by atoms with Gasteiger partial charge in [-0.15, -0.1) is 0 Å². The molecule has 2 aromatic rings. The second kappa shape index (κ2) is 9.73. The summed E-state index contributed by atoms with van der Waals surface area (Å²) in [5, 5.41) is 3.01. The van der Waals surface area contributed by atoms with E-state index in [0.29, 0.717) is 29.0 Å². The predicted octanol–water partition coefficient (Wildman–Crippen LogP) is 3.34. The van der Waals surface area contributed by atoms with Crippen molar-refractivity contribution in [2.24, 2.45) is 0 Å². The van der Waals surface area contributed by atoms with Gasteiger partial charge in [0.05, 0.1) is 28.3 Å². The molecule has 2 aromatic carbocycles. The highest BCUT2D eigenvalue weighted by Crippen LogP contribution is 2.23. The Morgan fingerprint density at radius 1 is 0.967 bits per heavy atom. The minimum Gasteiger partial charge on any atom is -0.464 e. The van der Waals surface area contributed by atoms with Gasteiger partial charge in [0.15, 0.2) is 0 Å². The van der Waals surface area contributed by atoms with E-state index in [-0.39, 0.29) is 42.1 Å². The molecule has 0 fully saturated rings. The van der Waals surface area contributed by atoms with E-state index in [1.807, 2.05) is 0 Å². The fourth-order valence-electron chi connectivity index (χ4n) is 2.97. The molecule has 7 nitrogen and oxygen atoms in total. The number of nitrogens with zero attached hydrogens (tertiary/aromatic N) is 1. The number of imide groups is 1. The Balaban J connectivity index is 1.35. The smallest absolute Gasteiger partial charge is 0.325 e. The lowest BCUT2D eigenvalue weighted by Crippen LogP contribution is -2.31. The van der Waals surface area contributed by atoms with Crippen LogP contribution in [0, 0.1) is 0 Å². The Bertz CT molecular complexity index is 974. The summed E-state index contributed by atoms with van der Waals surface area (Å²) in [5.41, 5.74) is 1.02. The molecule has 0 aromatic heterocycles. The summed E-state index contributed by atoms with van der Waals surface area (Å²) < 4.78 is 5.06. The van der Waals surface area contributed by atoms with Crippen LogP contribution in [0.5, 0.6) is 0 Å². The van der Waals surface area contributed by atoms with E-state index in [0.717, 1.165) is 0 Å². The molecule has 156 valence electrons. The molecule has 0 saturated carbocycles. The number of benzene rings is 2. The molecule has 0 bridgehead atoms. The van der Waals surface area contributed by atoms with Crippen molar-refractivity contribution in [3.05, 3.63) is 69.2 Å². The number of fused-ring (bicyclic) bond motifs is 1. The lowest BCUT2D eigenvalue weighted by atomic mass is 10.1. The first kappa shape index (κ1) is 21.8. The minimum atomic E-state index is -0.603. The number of halogens is 2. The summed E-state index contributed by atoms with van der Waals surface area (Å²) in [6, 6.07) is 11.1. The van der Waals surface area contributed by atoms with Crippen molar-refractivity contribution in [3.63, 3.8) is 0 Å². The molecular weight excluding hydrogens is 431 g/mol. The van der Waals surface area contributed by atoms with Crippen molar-refractivity contribution < 1.29 is 23.9 Å². The molecule has 1 heterocycles. The van der Waals surface area contributed by atoms with Crippen LogP contribution in [-0.4, -0.2) is 48.3 Å². The summed E-state index contributed by atoms with van der Waals surface area (Å²) in [6.07, 6.45) is 0.960. The van der Waals surface area contributed by atoms with Gasteiger partial charge in [-0.1, -0.05) is 35.3 Å². The van der Waals surface area contributed by atoms with E-state index in [9.17, 15) is 19.2 Å². The topological polar surface area (TPSA) is 92.8 Å². The number of hydrogen-bond acceptors (Lipinski definition) is 5. The van der Waals surface area contributed by atoms with Gasteiger partial charge < -0.3 is 10.1 Å². The van der Waals surface area contributed by atoms with E-state index in [1.54, 1.807) is 24.3 Å². The third kappa shape index (κ3) is 4.98. The van der Waals surface area contributed by atoms with Crippen molar-refractivity contribution in [2.45, 2.75) is 12.8 Å². The Hall–Kier alpha value is -2.90. The zero-order valence-electron chi connectivity index (χ0n) is 15.8. The van der Waals surface area contributed by atoms with E-state index in [4.69, 9.17) is 27.9 Å². The fraction of sp³-hybridized carbons (Fsp3) is 0.238.